The van der Waals surface area contributed by atoms with Crippen LogP contribution >= 0.6 is 0 Å². The predicted octanol–water partition coefficient (Wildman–Crippen LogP) is 4.59. The number of carbonyl (C=O) groups excluding carboxylic acids is 1. The van der Waals surface area contributed by atoms with Crippen molar-refractivity contribution >= 4 is 5.78 Å². The normalized spacial score (nSPS) is 19.6. The Kier molecular flexibility index (Phi) is 6.00. The summed E-state index contributed by atoms with van der Waals surface area (Å²) in [5.74, 6) is -0.122. The molecule has 0 unspecified atom stereocenters. The number of Topliss-reactive ketones (excluding diaryl/α,β-unsaturated/α-hetero) is 1. The monoisotopic (exact) mass is 228 g/mol. The van der Waals surface area contributed by atoms with Crippen LogP contribution < -0.4 is 0 Å². The summed E-state index contributed by atoms with van der Waals surface area (Å²) in [6.45, 7) is 2.17. The second-order valence-electron chi connectivity index (χ2n) is 5.11. The van der Waals surface area contributed by atoms with E-state index in [1.807, 2.05) is 0 Å². The summed E-state index contributed by atoms with van der Waals surface area (Å²) in [5.41, 5.74) is -1.46. The van der Waals surface area contributed by atoms with E-state index in [9.17, 15) is 9.18 Å². The molecule has 0 spiro atoms. The van der Waals surface area contributed by atoms with E-state index < -0.39 is 5.67 Å². The van der Waals surface area contributed by atoms with Crippen LogP contribution in [0.5, 0.6) is 0 Å². The maximum atomic E-state index is 14.2. The zero-order chi connectivity index (χ0) is 11.9. The Morgan fingerprint density at radius 3 is 2.31 bits per heavy atom. The van der Waals surface area contributed by atoms with Gasteiger partial charge in [-0.3, -0.25) is 4.79 Å². The van der Waals surface area contributed by atoms with Gasteiger partial charge in [-0.1, -0.05) is 39.0 Å². The summed E-state index contributed by atoms with van der Waals surface area (Å²) >= 11 is 0. The molecule has 0 heterocycles. The summed E-state index contributed by atoms with van der Waals surface area (Å²) in [6.07, 6.45) is 9.85. The molecule has 2 heteroatoms. The molecule has 1 aliphatic rings. The number of rotatable bonds is 7. The summed E-state index contributed by atoms with van der Waals surface area (Å²) in [6, 6.07) is 0. The summed E-state index contributed by atoms with van der Waals surface area (Å²) in [5, 5.41) is 0. The lowest BCUT2D eigenvalue weighted by molar-refractivity contribution is -0.132. The van der Waals surface area contributed by atoms with Gasteiger partial charge in [0.15, 0.2) is 11.5 Å². The minimum absolute atomic E-state index is 0.122. The molecule has 0 aliphatic heterocycles. The Morgan fingerprint density at radius 1 is 1.06 bits per heavy atom. The van der Waals surface area contributed by atoms with Gasteiger partial charge in [0.1, 0.15) is 0 Å². The van der Waals surface area contributed by atoms with Crippen LogP contribution in [0, 0.1) is 0 Å². The lowest BCUT2D eigenvalue weighted by atomic mass is 9.82. The Balaban J connectivity index is 2.18. The van der Waals surface area contributed by atoms with Crippen molar-refractivity contribution < 1.29 is 9.18 Å². The molecular weight excluding hydrogens is 203 g/mol. The van der Waals surface area contributed by atoms with Gasteiger partial charge in [-0.25, -0.2) is 4.39 Å². The number of ketones is 1. The van der Waals surface area contributed by atoms with E-state index in [1.165, 1.54) is 19.3 Å². The van der Waals surface area contributed by atoms with E-state index in [-0.39, 0.29) is 5.78 Å². The Morgan fingerprint density at radius 2 is 1.69 bits per heavy atom. The fourth-order valence-corrected chi connectivity index (χ4v) is 2.50. The van der Waals surface area contributed by atoms with Crippen molar-refractivity contribution in [3.63, 3.8) is 0 Å². The van der Waals surface area contributed by atoms with Crippen LogP contribution in [-0.4, -0.2) is 11.5 Å². The minimum atomic E-state index is -1.46. The number of hydrogen-bond donors (Lipinski definition) is 0. The van der Waals surface area contributed by atoms with E-state index in [0.29, 0.717) is 19.3 Å². The molecule has 1 rings (SSSR count). The van der Waals surface area contributed by atoms with Crippen molar-refractivity contribution in [2.75, 3.05) is 0 Å². The fraction of sp³-hybridized carbons (Fsp3) is 0.929. The van der Waals surface area contributed by atoms with Gasteiger partial charge >= 0.3 is 0 Å². The third-order valence-electron chi connectivity index (χ3n) is 3.65. The van der Waals surface area contributed by atoms with Crippen LogP contribution in [0.4, 0.5) is 4.39 Å². The van der Waals surface area contributed by atoms with Gasteiger partial charge < -0.3 is 0 Å². The van der Waals surface area contributed by atoms with Gasteiger partial charge in [0.2, 0.25) is 0 Å². The quantitative estimate of drug-likeness (QED) is 0.582. The molecule has 0 saturated heterocycles. The number of hydrogen-bond acceptors (Lipinski definition) is 1. The minimum Gasteiger partial charge on any atom is -0.296 e. The van der Waals surface area contributed by atoms with E-state index in [0.717, 1.165) is 32.1 Å². The largest absolute Gasteiger partial charge is 0.296 e. The third-order valence-corrected chi connectivity index (χ3v) is 3.65. The molecule has 0 radical (unpaired) electrons. The molecule has 0 aromatic rings. The molecule has 1 aliphatic carbocycles. The number of alkyl halides is 1. The van der Waals surface area contributed by atoms with Crippen LogP contribution in [-0.2, 0) is 4.79 Å². The predicted molar refractivity (Wildman–Crippen MR) is 65.3 cm³/mol. The standard InChI is InChI=1S/C14H25FO/c1-2-3-4-5-7-10-13(16)14(15)11-8-6-9-12-14/h2-12H2,1H3. The fourth-order valence-electron chi connectivity index (χ4n) is 2.50. The topological polar surface area (TPSA) is 17.1 Å². The van der Waals surface area contributed by atoms with Crippen molar-refractivity contribution in [1.29, 1.82) is 0 Å². The van der Waals surface area contributed by atoms with Crippen molar-refractivity contribution in [3.05, 3.63) is 0 Å². The molecule has 94 valence electrons. The zero-order valence-corrected chi connectivity index (χ0v) is 10.6. The van der Waals surface area contributed by atoms with E-state index in [4.69, 9.17) is 0 Å². The SMILES string of the molecule is CCCCCCCC(=O)C1(F)CCCCC1. The molecule has 0 amide bonds. The summed E-state index contributed by atoms with van der Waals surface area (Å²) in [4.78, 5) is 11.8. The van der Waals surface area contributed by atoms with Gasteiger partial charge in [0, 0.05) is 6.42 Å². The molecule has 0 aromatic heterocycles. The van der Waals surface area contributed by atoms with Crippen LogP contribution in [0.1, 0.15) is 77.6 Å². The lowest BCUT2D eigenvalue weighted by Crippen LogP contribution is -2.35. The van der Waals surface area contributed by atoms with E-state index in [2.05, 4.69) is 6.92 Å². The molecule has 0 bridgehead atoms. The first-order valence-electron chi connectivity index (χ1n) is 6.91. The van der Waals surface area contributed by atoms with Crippen molar-refractivity contribution in [2.45, 2.75) is 83.2 Å². The molecule has 0 aromatic carbocycles. The Hall–Kier alpha value is -0.400. The summed E-state index contributed by atoms with van der Waals surface area (Å²) < 4.78 is 14.2. The maximum absolute atomic E-state index is 14.2. The molecule has 0 atom stereocenters. The number of carbonyl (C=O) groups is 1. The Bertz CT molecular complexity index is 207. The summed E-state index contributed by atoms with van der Waals surface area (Å²) in [7, 11) is 0. The number of halogens is 1. The highest BCUT2D eigenvalue weighted by Gasteiger charge is 2.38. The van der Waals surface area contributed by atoms with Gasteiger partial charge in [-0.05, 0) is 32.1 Å². The molecular formula is C14H25FO. The van der Waals surface area contributed by atoms with Crippen LogP contribution in [0.25, 0.3) is 0 Å². The first-order valence-corrected chi connectivity index (χ1v) is 6.91. The first kappa shape index (κ1) is 13.7. The lowest BCUT2D eigenvalue weighted by Gasteiger charge is -2.27. The van der Waals surface area contributed by atoms with Crippen molar-refractivity contribution in [1.82, 2.24) is 0 Å². The highest BCUT2D eigenvalue weighted by atomic mass is 19.1. The third kappa shape index (κ3) is 4.23. The Labute approximate surface area is 98.8 Å². The maximum Gasteiger partial charge on any atom is 0.169 e. The second kappa shape index (κ2) is 7.03. The van der Waals surface area contributed by atoms with Gasteiger partial charge in [-0.2, -0.15) is 0 Å². The van der Waals surface area contributed by atoms with Crippen LogP contribution in [0.15, 0.2) is 0 Å². The highest BCUT2D eigenvalue weighted by molar-refractivity contribution is 5.87. The van der Waals surface area contributed by atoms with Gasteiger partial charge in [0.25, 0.3) is 0 Å². The molecule has 0 N–H and O–H groups in total. The molecule has 1 nitrogen and oxygen atoms in total. The smallest absolute Gasteiger partial charge is 0.169 e. The van der Waals surface area contributed by atoms with Gasteiger partial charge in [-0.15, -0.1) is 0 Å². The van der Waals surface area contributed by atoms with Crippen molar-refractivity contribution in [2.24, 2.45) is 0 Å². The second-order valence-corrected chi connectivity index (χ2v) is 5.11. The average molecular weight is 228 g/mol. The van der Waals surface area contributed by atoms with Crippen LogP contribution in [0.3, 0.4) is 0 Å². The molecule has 16 heavy (non-hydrogen) atoms. The molecule has 1 fully saturated rings. The van der Waals surface area contributed by atoms with E-state index >= 15 is 0 Å². The average Bonchev–Trinajstić information content (AvgIpc) is 2.29. The molecule has 1 saturated carbocycles. The number of unbranched alkanes of at least 4 members (excludes halogenated alkanes) is 4. The first-order chi connectivity index (χ1) is 7.69. The van der Waals surface area contributed by atoms with Crippen LogP contribution in [0.2, 0.25) is 0 Å². The van der Waals surface area contributed by atoms with Gasteiger partial charge in [0.05, 0.1) is 0 Å². The van der Waals surface area contributed by atoms with E-state index in [1.54, 1.807) is 0 Å². The highest BCUT2D eigenvalue weighted by Crippen LogP contribution is 2.33. The zero-order valence-electron chi connectivity index (χ0n) is 10.6. The van der Waals surface area contributed by atoms with Crippen molar-refractivity contribution in [3.8, 4) is 0 Å².